The molecule has 5 nitrogen and oxygen atoms in total. The van der Waals surface area contributed by atoms with Gasteiger partial charge in [0, 0.05) is 29.2 Å². The Morgan fingerprint density at radius 2 is 2.22 bits per heavy atom. The summed E-state index contributed by atoms with van der Waals surface area (Å²) in [7, 11) is 0. The van der Waals surface area contributed by atoms with Gasteiger partial charge >= 0.3 is 0 Å². The molecular formula is C17H18ClN5. The van der Waals surface area contributed by atoms with Crippen molar-refractivity contribution in [2.75, 3.05) is 6.54 Å². The van der Waals surface area contributed by atoms with Crippen molar-refractivity contribution in [1.82, 2.24) is 24.6 Å². The topological polar surface area (TPSA) is 46.8 Å². The summed E-state index contributed by atoms with van der Waals surface area (Å²) in [6.45, 7) is 2.89. The molecule has 1 aromatic carbocycles. The van der Waals surface area contributed by atoms with Crippen molar-refractivity contribution >= 4 is 22.5 Å². The zero-order valence-electron chi connectivity index (χ0n) is 12.8. The highest BCUT2D eigenvalue weighted by atomic mass is 35.5. The van der Waals surface area contributed by atoms with Crippen LogP contribution in [0.5, 0.6) is 0 Å². The second kappa shape index (κ2) is 6.26. The van der Waals surface area contributed by atoms with Gasteiger partial charge in [-0.1, -0.05) is 17.7 Å². The predicted molar refractivity (Wildman–Crippen MR) is 90.2 cm³/mol. The quantitative estimate of drug-likeness (QED) is 0.738. The highest BCUT2D eigenvalue weighted by molar-refractivity contribution is 6.35. The van der Waals surface area contributed by atoms with Crippen LogP contribution in [0.1, 0.15) is 18.4 Å². The van der Waals surface area contributed by atoms with Crippen molar-refractivity contribution in [1.29, 1.82) is 0 Å². The fourth-order valence-electron chi connectivity index (χ4n) is 3.40. The fourth-order valence-corrected chi connectivity index (χ4v) is 3.61. The van der Waals surface area contributed by atoms with E-state index in [4.69, 9.17) is 11.6 Å². The molecule has 0 radical (unpaired) electrons. The molecule has 2 aromatic heterocycles. The number of pyridine rings is 1. The maximum atomic E-state index is 6.30. The van der Waals surface area contributed by atoms with Gasteiger partial charge in [-0.15, -0.1) is 0 Å². The summed E-state index contributed by atoms with van der Waals surface area (Å²) in [5.74, 6) is 0. The molecule has 4 rings (SSSR count). The number of halogens is 1. The third-order valence-electron chi connectivity index (χ3n) is 4.54. The van der Waals surface area contributed by atoms with Crippen LogP contribution in [0, 0.1) is 0 Å². The van der Waals surface area contributed by atoms with Gasteiger partial charge in [-0.25, -0.2) is 4.98 Å². The molecule has 0 bridgehead atoms. The van der Waals surface area contributed by atoms with Gasteiger partial charge in [0.05, 0.1) is 12.1 Å². The van der Waals surface area contributed by atoms with E-state index in [2.05, 4.69) is 26.0 Å². The molecule has 3 heterocycles. The fraction of sp³-hybridized carbons (Fsp3) is 0.353. The minimum absolute atomic E-state index is 0.492. The zero-order valence-corrected chi connectivity index (χ0v) is 13.5. The van der Waals surface area contributed by atoms with Crippen LogP contribution in [0.2, 0.25) is 5.02 Å². The van der Waals surface area contributed by atoms with Gasteiger partial charge in [0.2, 0.25) is 0 Å². The maximum absolute atomic E-state index is 6.30. The molecule has 0 unspecified atom stereocenters. The Morgan fingerprint density at radius 1 is 1.26 bits per heavy atom. The molecule has 0 spiro atoms. The molecule has 118 valence electrons. The molecule has 1 aliphatic rings. The highest BCUT2D eigenvalue weighted by Crippen LogP contribution is 2.28. The van der Waals surface area contributed by atoms with Gasteiger partial charge in [0.1, 0.15) is 12.7 Å². The zero-order chi connectivity index (χ0) is 15.6. The monoisotopic (exact) mass is 327 g/mol. The Bertz CT molecular complexity index is 802. The Balaban J connectivity index is 1.59. The lowest BCUT2D eigenvalue weighted by Gasteiger charge is -2.24. The predicted octanol–water partition coefficient (Wildman–Crippen LogP) is 3.14. The molecule has 1 aliphatic heterocycles. The number of fused-ring (bicyclic) bond motifs is 1. The lowest BCUT2D eigenvalue weighted by molar-refractivity contribution is 0.219. The van der Waals surface area contributed by atoms with Gasteiger partial charge in [-0.05, 0) is 43.1 Å². The summed E-state index contributed by atoms with van der Waals surface area (Å²) >= 11 is 6.30. The average Bonchev–Trinajstić information content (AvgIpc) is 3.23. The van der Waals surface area contributed by atoms with E-state index >= 15 is 0 Å². The number of likely N-dealkylation sites (tertiary alicyclic amines) is 1. The molecule has 0 saturated carbocycles. The van der Waals surface area contributed by atoms with Gasteiger partial charge in [-0.2, -0.15) is 5.10 Å². The summed E-state index contributed by atoms with van der Waals surface area (Å²) in [5.41, 5.74) is 2.24. The molecule has 1 atom stereocenters. The van der Waals surface area contributed by atoms with Crippen molar-refractivity contribution in [2.45, 2.75) is 32.0 Å². The second-order valence-corrected chi connectivity index (χ2v) is 6.40. The lowest BCUT2D eigenvalue weighted by Crippen LogP contribution is -2.32. The van der Waals surface area contributed by atoms with E-state index in [9.17, 15) is 0 Å². The van der Waals surface area contributed by atoms with Gasteiger partial charge in [0.15, 0.2) is 0 Å². The van der Waals surface area contributed by atoms with Crippen LogP contribution in [-0.4, -0.2) is 37.2 Å². The van der Waals surface area contributed by atoms with Crippen LogP contribution in [0.25, 0.3) is 10.9 Å². The molecule has 1 fully saturated rings. The van der Waals surface area contributed by atoms with Crippen molar-refractivity contribution in [2.24, 2.45) is 0 Å². The number of rotatable bonds is 4. The van der Waals surface area contributed by atoms with Crippen molar-refractivity contribution in [3.8, 4) is 0 Å². The molecule has 1 saturated heterocycles. The first kappa shape index (κ1) is 14.6. The first-order valence-corrected chi connectivity index (χ1v) is 8.27. The molecule has 23 heavy (non-hydrogen) atoms. The van der Waals surface area contributed by atoms with E-state index in [1.165, 1.54) is 18.4 Å². The summed E-state index contributed by atoms with van der Waals surface area (Å²) in [5, 5.41) is 6.02. The van der Waals surface area contributed by atoms with Crippen LogP contribution in [-0.2, 0) is 13.1 Å². The Hall–Kier alpha value is -1.98. The minimum atomic E-state index is 0.492. The Morgan fingerprint density at radius 3 is 3.09 bits per heavy atom. The number of hydrogen-bond donors (Lipinski definition) is 0. The number of nitrogens with zero attached hydrogens (tertiary/aromatic N) is 5. The maximum Gasteiger partial charge on any atom is 0.137 e. The molecule has 0 amide bonds. The smallest absolute Gasteiger partial charge is 0.137 e. The molecular weight excluding hydrogens is 310 g/mol. The third-order valence-corrected chi connectivity index (χ3v) is 4.87. The van der Waals surface area contributed by atoms with E-state index in [-0.39, 0.29) is 0 Å². The molecule has 0 aliphatic carbocycles. The largest absolute Gasteiger partial charge is 0.294 e. The Kier molecular flexibility index (Phi) is 3.97. The highest BCUT2D eigenvalue weighted by Gasteiger charge is 2.25. The van der Waals surface area contributed by atoms with E-state index in [1.54, 1.807) is 12.7 Å². The molecule has 3 aromatic rings. The first-order chi connectivity index (χ1) is 11.3. The summed E-state index contributed by atoms with van der Waals surface area (Å²) < 4.78 is 1.92. The summed E-state index contributed by atoms with van der Waals surface area (Å²) in [6.07, 6.45) is 7.63. The summed E-state index contributed by atoms with van der Waals surface area (Å²) in [6, 6.07) is 8.53. The standard InChI is InChI=1S/C17H18ClN5/c18-16-6-5-13(17-15(16)4-1-7-20-17)9-22-8-2-3-14(22)10-23-12-19-11-21-23/h1,4-7,11-12,14H,2-3,8-10H2/t14-/m0/s1. The van der Waals surface area contributed by atoms with E-state index in [0.717, 1.165) is 35.6 Å². The van der Waals surface area contributed by atoms with Gasteiger partial charge in [-0.3, -0.25) is 14.6 Å². The van der Waals surface area contributed by atoms with Gasteiger partial charge < -0.3 is 0 Å². The first-order valence-electron chi connectivity index (χ1n) is 7.90. The minimum Gasteiger partial charge on any atom is -0.294 e. The normalized spacial score (nSPS) is 18.7. The summed E-state index contributed by atoms with van der Waals surface area (Å²) in [4.78, 5) is 11.1. The van der Waals surface area contributed by atoms with Crippen LogP contribution in [0.15, 0.2) is 43.1 Å². The number of aromatic nitrogens is 4. The van der Waals surface area contributed by atoms with Crippen LogP contribution >= 0.6 is 11.6 Å². The Labute approximate surface area is 139 Å². The van der Waals surface area contributed by atoms with Crippen molar-refractivity contribution in [3.63, 3.8) is 0 Å². The molecule has 6 heteroatoms. The van der Waals surface area contributed by atoms with Crippen LogP contribution in [0.4, 0.5) is 0 Å². The second-order valence-electron chi connectivity index (χ2n) is 5.99. The third kappa shape index (κ3) is 2.94. The van der Waals surface area contributed by atoms with E-state index in [0.29, 0.717) is 6.04 Å². The van der Waals surface area contributed by atoms with Crippen molar-refractivity contribution < 1.29 is 0 Å². The van der Waals surface area contributed by atoms with Crippen LogP contribution in [0.3, 0.4) is 0 Å². The van der Waals surface area contributed by atoms with E-state index < -0.39 is 0 Å². The van der Waals surface area contributed by atoms with Crippen molar-refractivity contribution in [3.05, 3.63) is 53.7 Å². The van der Waals surface area contributed by atoms with E-state index in [1.807, 2.05) is 29.1 Å². The van der Waals surface area contributed by atoms with Gasteiger partial charge in [0.25, 0.3) is 0 Å². The lowest BCUT2D eigenvalue weighted by atomic mass is 10.1. The number of benzene rings is 1. The average molecular weight is 328 g/mol. The van der Waals surface area contributed by atoms with Crippen LogP contribution < -0.4 is 0 Å². The number of hydrogen-bond acceptors (Lipinski definition) is 4. The SMILES string of the molecule is Clc1ccc(CN2CCC[C@H]2Cn2cncn2)c2ncccc12. The molecule has 0 N–H and O–H groups in total.